The highest BCUT2D eigenvalue weighted by Gasteiger charge is 2.59. The van der Waals surface area contributed by atoms with Crippen LogP contribution in [0.25, 0.3) is 0 Å². The Morgan fingerprint density at radius 2 is 1.97 bits per heavy atom. The molecule has 1 saturated heterocycles. The van der Waals surface area contributed by atoms with Crippen LogP contribution in [-0.4, -0.2) is 46.8 Å². The molecular weight excluding hydrogens is 398 g/mol. The molecule has 1 unspecified atom stereocenters. The smallest absolute Gasteiger partial charge is 0.307 e. The second-order valence-electron chi connectivity index (χ2n) is 12.8. The molecule has 0 bridgehead atoms. The van der Waals surface area contributed by atoms with Gasteiger partial charge in [0.25, 0.3) is 0 Å². The summed E-state index contributed by atoms with van der Waals surface area (Å²) in [5.74, 6) is 3.10. The van der Waals surface area contributed by atoms with Gasteiger partial charge in [-0.3, -0.25) is 4.79 Å². The van der Waals surface area contributed by atoms with Gasteiger partial charge in [-0.25, -0.2) is 0 Å². The Hall–Kier alpha value is -0.870. The Balaban J connectivity index is 1.29. The van der Waals surface area contributed by atoms with E-state index in [4.69, 9.17) is 0 Å². The number of fused-ring (bicyclic) bond motifs is 5. The number of carboxylic acid groups (broad SMARTS) is 1. The van der Waals surface area contributed by atoms with Gasteiger partial charge in [0.2, 0.25) is 0 Å². The van der Waals surface area contributed by atoms with E-state index in [1.54, 1.807) is 5.57 Å². The van der Waals surface area contributed by atoms with Crippen LogP contribution in [0.1, 0.15) is 85.0 Å². The lowest BCUT2D eigenvalue weighted by Crippen LogP contribution is -2.51. The molecule has 3 saturated carbocycles. The van der Waals surface area contributed by atoms with Crippen molar-refractivity contribution in [3.63, 3.8) is 0 Å². The molecule has 0 aromatic carbocycles. The van der Waals surface area contributed by atoms with Crippen LogP contribution in [-0.2, 0) is 4.79 Å². The summed E-state index contributed by atoms with van der Waals surface area (Å²) in [6.45, 7) is 10.5. The van der Waals surface area contributed by atoms with Gasteiger partial charge in [-0.05, 0) is 111 Å². The van der Waals surface area contributed by atoms with E-state index in [1.807, 2.05) is 0 Å². The van der Waals surface area contributed by atoms with Crippen LogP contribution in [0.4, 0.5) is 0 Å². The number of piperidine rings is 1. The molecule has 0 spiro atoms. The minimum Gasteiger partial charge on any atom is -0.481 e. The number of carboxylic acids is 1. The molecule has 4 aliphatic carbocycles. The first-order valence-corrected chi connectivity index (χ1v) is 13.5. The minimum atomic E-state index is -0.609. The maximum Gasteiger partial charge on any atom is 0.307 e. The first kappa shape index (κ1) is 22.9. The van der Waals surface area contributed by atoms with Crippen molar-refractivity contribution in [2.24, 2.45) is 46.3 Å². The highest BCUT2D eigenvalue weighted by molar-refractivity contribution is 5.70. The van der Waals surface area contributed by atoms with Crippen molar-refractivity contribution in [2.45, 2.75) is 91.1 Å². The van der Waals surface area contributed by atoms with Crippen molar-refractivity contribution in [3.05, 3.63) is 11.6 Å². The number of allylic oxidation sites excluding steroid dienone is 1. The van der Waals surface area contributed by atoms with Gasteiger partial charge in [-0.1, -0.05) is 32.4 Å². The Morgan fingerprint density at radius 3 is 2.75 bits per heavy atom. The zero-order chi connectivity index (χ0) is 22.7. The number of hydrogen-bond acceptors (Lipinski definition) is 3. The van der Waals surface area contributed by atoms with E-state index in [1.165, 1.54) is 38.5 Å². The molecule has 0 aromatic heterocycles. The molecule has 1 heterocycles. The third-order valence-electron chi connectivity index (χ3n) is 11.2. The van der Waals surface area contributed by atoms with E-state index in [-0.39, 0.29) is 12.0 Å². The highest BCUT2D eigenvalue weighted by Crippen LogP contribution is 2.67. The molecule has 9 atom stereocenters. The summed E-state index contributed by atoms with van der Waals surface area (Å²) in [5, 5.41) is 19.7. The largest absolute Gasteiger partial charge is 0.481 e. The summed E-state index contributed by atoms with van der Waals surface area (Å²) in [6, 6.07) is 0. The number of carbonyl (C=O) groups is 1. The highest BCUT2D eigenvalue weighted by atomic mass is 16.4. The number of aliphatic carboxylic acids is 1. The van der Waals surface area contributed by atoms with Gasteiger partial charge in [0.1, 0.15) is 0 Å². The molecule has 0 radical (unpaired) electrons. The lowest BCUT2D eigenvalue weighted by molar-refractivity contribution is -0.143. The fourth-order valence-electron chi connectivity index (χ4n) is 9.57. The van der Waals surface area contributed by atoms with Gasteiger partial charge in [0, 0.05) is 13.1 Å². The Kier molecular flexibility index (Phi) is 6.02. The predicted molar refractivity (Wildman–Crippen MR) is 127 cm³/mol. The first-order valence-electron chi connectivity index (χ1n) is 13.5. The van der Waals surface area contributed by atoms with Gasteiger partial charge >= 0.3 is 5.97 Å². The van der Waals surface area contributed by atoms with Crippen LogP contribution in [0.2, 0.25) is 0 Å². The van der Waals surface area contributed by atoms with Crippen molar-refractivity contribution in [1.29, 1.82) is 0 Å². The third kappa shape index (κ3) is 3.68. The summed E-state index contributed by atoms with van der Waals surface area (Å²) in [5.41, 5.74) is 2.34. The fraction of sp³-hybridized carbons (Fsp3) is 0.893. The average Bonchev–Trinajstić information content (AvgIpc) is 3.12. The van der Waals surface area contributed by atoms with Crippen molar-refractivity contribution in [1.82, 2.24) is 4.90 Å². The Morgan fingerprint density at radius 1 is 1.16 bits per heavy atom. The number of aliphatic hydroxyl groups is 1. The standard InChI is InChI=1S/C28H45NO3/c1-18(16-29-14-4-5-19(17-29)26(31)32)23-8-9-24-22-7-6-20-15-21(30)10-12-27(20,2)25(22)11-13-28(23,24)3/h6,18-19,21-25,30H,4-5,7-17H2,1-3H3,(H,31,32)/t18-,19?,21+,22+,23-,24+,25+,27+,28-/m1/s1. The van der Waals surface area contributed by atoms with Crippen molar-refractivity contribution in [2.75, 3.05) is 19.6 Å². The molecule has 4 heteroatoms. The third-order valence-corrected chi connectivity index (χ3v) is 11.2. The number of hydrogen-bond donors (Lipinski definition) is 2. The molecule has 4 nitrogen and oxygen atoms in total. The lowest BCUT2D eigenvalue weighted by Gasteiger charge is -2.58. The van der Waals surface area contributed by atoms with Gasteiger partial charge in [0.15, 0.2) is 0 Å². The van der Waals surface area contributed by atoms with Gasteiger partial charge in [-0.15, -0.1) is 0 Å². The molecule has 0 aromatic rings. The predicted octanol–water partition coefficient (Wildman–Crippen LogP) is 5.36. The van der Waals surface area contributed by atoms with E-state index < -0.39 is 5.97 Å². The van der Waals surface area contributed by atoms with E-state index in [9.17, 15) is 15.0 Å². The summed E-state index contributed by atoms with van der Waals surface area (Å²) < 4.78 is 0. The SMILES string of the molecule is C[C@H](CN1CCCC(C(=O)O)C1)[C@H]1CC[C@H]2[C@@H]3CC=C4C[C@@H](O)CC[C@]4(C)[C@H]3CC[C@]12C. The number of nitrogens with zero attached hydrogens (tertiary/aromatic N) is 1. The first-order chi connectivity index (χ1) is 15.2. The molecule has 180 valence electrons. The van der Waals surface area contributed by atoms with Crippen LogP contribution in [0.3, 0.4) is 0 Å². The second-order valence-corrected chi connectivity index (χ2v) is 12.8. The molecule has 0 amide bonds. The topological polar surface area (TPSA) is 60.8 Å². The Labute approximate surface area is 194 Å². The Bertz CT molecular complexity index is 764. The van der Waals surface area contributed by atoms with E-state index in [0.29, 0.717) is 16.7 Å². The second kappa shape index (κ2) is 8.41. The number of rotatable bonds is 4. The van der Waals surface area contributed by atoms with Crippen LogP contribution in [0.5, 0.6) is 0 Å². The summed E-state index contributed by atoms with van der Waals surface area (Å²) >= 11 is 0. The molecule has 32 heavy (non-hydrogen) atoms. The van der Waals surface area contributed by atoms with Gasteiger partial charge in [-0.2, -0.15) is 0 Å². The van der Waals surface area contributed by atoms with E-state index in [0.717, 1.165) is 69.0 Å². The fourth-order valence-corrected chi connectivity index (χ4v) is 9.57. The van der Waals surface area contributed by atoms with Crippen LogP contribution in [0, 0.1) is 46.3 Å². The molecule has 4 fully saturated rings. The summed E-state index contributed by atoms with van der Waals surface area (Å²) in [6.07, 6.45) is 14.0. The number of aliphatic hydroxyl groups excluding tert-OH is 1. The van der Waals surface area contributed by atoms with Crippen molar-refractivity contribution >= 4 is 5.97 Å². The lowest BCUT2D eigenvalue weighted by atomic mass is 9.47. The van der Waals surface area contributed by atoms with E-state index in [2.05, 4.69) is 31.7 Å². The maximum absolute atomic E-state index is 11.5. The zero-order valence-corrected chi connectivity index (χ0v) is 20.6. The van der Waals surface area contributed by atoms with Gasteiger partial charge < -0.3 is 15.1 Å². The summed E-state index contributed by atoms with van der Waals surface area (Å²) in [7, 11) is 0. The average molecular weight is 444 g/mol. The minimum absolute atomic E-state index is 0.119. The molecule has 2 N–H and O–H groups in total. The van der Waals surface area contributed by atoms with Crippen molar-refractivity contribution < 1.29 is 15.0 Å². The number of likely N-dealkylation sites (tertiary alicyclic amines) is 1. The molecule has 5 aliphatic rings. The zero-order valence-electron chi connectivity index (χ0n) is 20.6. The van der Waals surface area contributed by atoms with Gasteiger partial charge in [0.05, 0.1) is 12.0 Å². The van der Waals surface area contributed by atoms with Crippen LogP contribution < -0.4 is 0 Å². The van der Waals surface area contributed by atoms with Crippen molar-refractivity contribution in [3.8, 4) is 0 Å². The monoisotopic (exact) mass is 443 g/mol. The quantitative estimate of drug-likeness (QED) is 0.574. The molecular formula is C28H45NO3. The molecule has 5 rings (SSSR count). The molecule has 1 aliphatic heterocycles. The van der Waals surface area contributed by atoms with Crippen LogP contribution in [0.15, 0.2) is 11.6 Å². The van der Waals surface area contributed by atoms with E-state index >= 15 is 0 Å². The maximum atomic E-state index is 11.5. The normalized spacial score (nSPS) is 47.7. The summed E-state index contributed by atoms with van der Waals surface area (Å²) in [4.78, 5) is 14.0. The van der Waals surface area contributed by atoms with Crippen LogP contribution >= 0.6 is 0 Å².